The van der Waals surface area contributed by atoms with Crippen LogP contribution in [0.15, 0.2) is 72.8 Å². The van der Waals surface area contributed by atoms with Crippen molar-refractivity contribution in [2.75, 3.05) is 18.6 Å². The van der Waals surface area contributed by atoms with Crippen molar-refractivity contribution in [3.05, 3.63) is 101 Å². The number of nitrogens with one attached hydrogen (secondary N) is 1. The summed E-state index contributed by atoms with van der Waals surface area (Å²) < 4.78 is 10.4. The number of hydrogen-bond acceptors (Lipinski definition) is 5. The molecular formula is C30H29N3O4. The molecule has 3 aromatic carbocycles. The molecule has 1 amide bonds. The minimum absolute atomic E-state index is 0.177. The smallest absolute Gasteiger partial charge is 0.338 e. The molecule has 0 saturated carbocycles. The standard InChI is InChI=1S/C30H29N3O4/c1-5-37-30(35)22-10-14-23(15-11-22)33-28(21-8-6-19(7-9-21)18(2)3)25-26(31-32-27(25)29(33)34)20-12-16-24(36-4)17-13-20/h6-18,28H,5H2,1-4H3,(H,31,32)/t28-/m1/s1. The third-order valence-corrected chi connectivity index (χ3v) is 6.71. The number of fused-ring (bicyclic) bond motifs is 1. The molecule has 1 aliphatic heterocycles. The number of hydrogen-bond donors (Lipinski definition) is 1. The Hall–Kier alpha value is -4.39. The van der Waals surface area contributed by atoms with Gasteiger partial charge >= 0.3 is 5.97 Å². The Balaban J connectivity index is 1.62. The first-order valence-electron chi connectivity index (χ1n) is 12.4. The number of nitrogens with zero attached hydrogens (tertiary/aromatic N) is 2. The lowest BCUT2D eigenvalue weighted by atomic mass is 9.93. The molecule has 4 aromatic rings. The van der Waals surface area contributed by atoms with E-state index in [2.05, 4.69) is 48.3 Å². The number of aromatic nitrogens is 2. The van der Waals surface area contributed by atoms with Gasteiger partial charge in [-0.15, -0.1) is 0 Å². The van der Waals surface area contributed by atoms with Crippen molar-refractivity contribution < 1.29 is 19.1 Å². The summed E-state index contributed by atoms with van der Waals surface area (Å²) in [6.45, 7) is 6.38. The van der Waals surface area contributed by atoms with Crippen LogP contribution >= 0.6 is 0 Å². The van der Waals surface area contributed by atoms with Crippen LogP contribution in [0.25, 0.3) is 11.3 Å². The second kappa shape index (κ2) is 9.93. The van der Waals surface area contributed by atoms with Crippen molar-refractivity contribution >= 4 is 17.6 Å². The first kappa shape index (κ1) is 24.3. The zero-order valence-electron chi connectivity index (χ0n) is 21.3. The first-order valence-corrected chi connectivity index (χ1v) is 12.4. The number of methoxy groups -OCH3 is 1. The van der Waals surface area contributed by atoms with Crippen molar-refractivity contribution in [2.45, 2.75) is 32.7 Å². The Morgan fingerprint density at radius 1 is 1.00 bits per heavy atom. The molecule has 0 saturated heterocycles. The minimum Gasteiger partial charge on any atom is -0.497 e. The van der Waals surface area contributed by atoms with E-state index in [-0.39, 0.29) is 11.9 Å². The van der Waals surface area contributed by atoms with E-state index in [0.717, 1.165) is 28.1 Å². The summed E-state index contributed by atoms with van der Waals surface area (Å²) in [5, 5.41) is 7.54. The highest BCUT2D eigenvalue weighted by Gasteiger charge is 2.43. The molecule has 5 rings (SSSR count). The number of carbonyl (C=O) groups excluding carboxylic acids is 2. The summed E-state index contributed by atoms with van der Waals surface area (Å²) in [6.07, 6.45) is 0. The number of ether oxygens (including phenoxy) is 2. The number of benzene rings is 3. The Labute approximate surface area is 216 Å². The Bertz CT molecular complexity index is 1420. The fourth-order valence-corrected chi connectivity index (χ4v) is 4.73. The summed E-state index contributed by atoms with van der Waals surface area (Å²) in [4.78, 5) is 27.7. The molecule has 0 radical (unpaired) electrons. The molecule has 1 atom stereocenters. The van der Waals surface area contributed by atoms with Crippen molar-refractivity contribution in [1.29, 1.82) is 0 Å². The summed E-state index contributed by atoms with van der Waals surface area (Å²) in [5.74, 6) is 0.573. The number of esters is 1. The molecule has 0 spiro atoms. The molecule has 7 nitrogen and oxygen atoms in total. The SMILES string of the molecule is CCOC(=O)c1ccc(N2C(=O)c3[nH]nc(-c4ccc(OC)cc4)c3[C@H]2c2ccc(C(C)C)cc2)cc1. The first-order chi connectivity index (χ1) is 17.9. The van der Waals surface area contributed by atoms with Gasteiger partial charge in [0.2, 0.25) is 0 Å². The van der Waals surface area contributed by atoms with Gasteiger partial charge in [-0.25, -0.2) is 4.79 Å². The van der Waals surface area contributed by atoms with E-state index in [1.165, 1.54) is 5.56 Å². The van der Waals surface area contributed by atoms with Crippen molar-refractivity contribution in [3.63, 3.8) is 0 Å². The molecule has 188 valence electrons. The van der Waals surface area contributed by atoms with E-state index >= 15 is 0 Å². The minimum atomic E-state index is -0.395. The van der Waals surface area contributed by atoms with Crippen LogP contribution in [0.1, 0.15) is 70.3 Å². The molecule has 1 aromatic heterocycles. The predicted molar refractivity (Wildman–Crippen MR) is 142 cm³/mol. The number of aromatic amines is 1. The highest BCUT2D eigenvalue weighted by atomic mass is 16.5. The average molecular weight is 496 g/mol. The molecule has 0 bridgehead atoms. The van der Waals surface area contributed by atoms with Crippen LogP contribution in [0.4, 0.5) is 5.69 Å². The van der Waals surface area contributed by atoms with Gasteiger partial charge in [-0.1, -0.05) is 38.1 Å². The fourth-order valence-electron chi connectivity index (χ4n) is 4.73. The number of H-pyrrole nitrogens is 1. The maximum Gasteiger partial charge on any atom is 0.338 e. The van der Waals surface area contributed by atoms with E-state index in [9.17, 15) is 9.59 Å². The highest BCUT2D eigenvalue weighted by molar-refractivity contribution is 6.12. The predicted octanol–water partition coefficient (Wildman–Crippen LogP) is 6.14. The molecule has 7 heteroatoms. The molecule has 37 heavy (non-hydrogen) atoms. The summed E-state index contributed by atoms with van der Waals surface area (Å²) >= 11 is 0. The summed E-state index contributed by atoms with van der Waals surface area (Å²) in [7, 11) is 1.63. The second-order valence-electron chi connectivity index (χ2n) is 9.26. The lowest BCUT2D eigenvalue weighted by molar-refractivity contribution is 0.0526. The van der Waals surface area contributed by atoms with E-state index in [4.69, 9.17) is 9.47 Å². The Kier molecular flexibility index (Phi) is 6.53. The second-order valence-corrected chi connectivity index (χ2v) is 9.26. The topological polar surface area (TPSA) is 84.5 Å². The monoisotopic (exact) mass is 495 g/mol. The van der Waals surface area contributed by atoms with Crippen LogP contribution in [0, 0.1) is 0 Å². The van der Waals surface area contributed by atoms with E-state index in [0.29, 0.717) is 29.5 Å². The van der Waals surface area contributed by atoms with Gasteiger partial charge in [0.05, 0.1) is 31.0 Å². The van der Waals surface area contributed by atoms with Crippen LogP contribution in [0.3, 0.4) is 0 Å². The van der Waals surface area contributed by atoms with Crippen molar-refractivity contribution in [2.24, 2.45) is 0 Å². The van der Waals surface area contributed by atoms with Gasteiger partial charge in [-0.3, -0.25) is 14.8 Å². The zero-order chi connectivity index (χ0) is 26.1. The third-order valence-electron chi connectivity index (χ3n) is 6.71. The van der Waals surface area contributed by atoms with Crippen molar-refractivity contribution in [3.8, 4) is 17.0 Å². The molecule has 1 aliphatic rings. The average Bonchev–Trinajstić information content (AvgIpc) is 3.48. The molecular weight excluding hydrogens is 466 g/mol. The van der Waals surface area contributed by atoms with E-state index in [1.807, 2.05) is 24.3 Å². The van der Waals surface area contributed by atoms with E-state index in [1.54, 1.807) is 43.2 Å². The van der Waals surface area contributed by atoms with Crippen LogP contribution in [0.5, 0.6) is 5.75 Å². The molecule has 1 N–H and O–H groups in total. The van der Waals surface area contributed by atoms with Crippen LogP contribution in [-0.4, -0.2) is 35.8 Å². The van der Waals surface area contributed by atoms with Crippen LogP contribution < -0.4 is 9.64 Å². The molecule has 0 aliphatic carbocycles. The maximum absolute atomic E-state index is 13.8. The largest absolute Gasteiger partial charge is 0.497 e. The highest BCUT2D eigenvalue weighted by Crippen LogP contribution is 2.45. The fraction of sp³-hybridized carbons (Fsp3) is 0.233. The van der Waals surface area contributed by atoms with Gasteiger partial charge < -0.3 is 9.47 Å². The lowest BCUT2D eigenvalue weighted by Crippen LogP contribution is -2.29. The third kappa shape index (κ3) is 4.37. The van der Waals surface area contributed by atoms with Gasteiger partial charge in [-0.2, -0.15) is 5.10 Å². The van der Waals surface area contributed by atoms with Gasteiger partial charge in [0.15, 0.2) is 0 Å². The maximum atomic E-state index is 13.8. The van der Waals surface area contributed by atoms with Gasteiger partial charge in [0.25, 0.3) is 5.91 Å². The number of anilines is 1. The van der Waals surface area contributed by atoms with E-state index < -0.39 is 6.04 Å². The number of rotatable bonds is 7. The van der Waals surface area contributed by atoms with Crippen LogP contribution in [0.2, 0.25) is 0 Å². The zero-order valence-corrected chi connectivity index (χ0v) is 21.3. The number of amides is 1. The summed E-state index contributed by atoms with van der Waals surface area (Å²) in [5.41, 5.74) is 6.20. The quantitative estimate of drug-likeness (QED) is 0.312. The van der Waals surface area contributed by atoms with Gasteiger partial charge in [-0.05, 0) is 72.5 Å². The normalized spacial score (nSPS) is 14.7. The Morgan fingerprint density at radius 2 is 1.68 bits per heavy atom. The summed E-state index contributed by atoms with van der Waals surface area (Å²) in [6, 6.07) is 22.6. The Morgan fingerprint density at radius 3 is 2.27 bits per heavy atom. The van der Waals surface area contributed by atoms with Gasteiger partial charge in [0.1, 0.15) is 11.4 Å². The molecule has 0 unspecified atom stereocenters. The lowest BCUT2D eigenvalue weighted by Gasteiger charge is -2.27. The van der Waals surface area contributed by atoms with Gasteiger partial charge in [0, 0.05) is 16.8 Å². The molecule has 2 heterocycles. The molecule has 0 fully saturated rings. The number of carbonyl (C=O) groups is 2. The van der Waals surface area contributed by atoms with Crippen LogP contribution in [-0.2, 0) is 4.74 Å². The van der Waals surface area contributed by atoms with Crippen molar-refractivity contribution in [1.82, 2.24) is 10.2 Å².